The topological polar surface area (TPSA) is 39.2 Å². The van der Waals surface area contributed by atoms with E-state index in [0.29, 0.717) is 0 Å². The van der Waals surface area contributed by atoms with Gasteiger partial charge in [0.05, 0.1) is 6.04 Å². The average molecular weight is 169 g/mol. The molecule has 0 unspecified atom stereocenters. The molecular formula is C10H19NO. The second-order valence-corrected chi connectivity index (χ2v) is 2.46. The molecule has 0 aliphatic heterocycles. The average Bonchev–Trinajstić information content (AvgIpc) is 2.54. The summed E-state index contributed by atoms with van der Waals surface area (Å²) in [6, 6.07) is 3.93. The normalized spacial score (nSPS) is 11.8. The molecule has 0 saturated carbocycles. The minimum Gasteiger partial charge on any atom is -0.465 e. The van der Waals surface area contributed by atoms with Crippen molar-refractivity contribution < 1.29 is 4.42 Å². The van der Waals surface area contributed by atoms with Crippen molar-refractivity contribution >= 4 is 0 Å². The van der Waals surface area contributed by atoms with Crippen molar-refractivity contribution in [1.82, 2.24) is 0 Å². The summed E-state index contributed by atoms with van der Waals surface area (Å²) in [5.41, 5.74) is 5.71. The van der Waals surface area contributed by atoms with Crippen LogP contribution in [0.5, 0.6) is 0 Å². The summed E-state index contributed by atoms with van der Waals surface area (Å²) in [6.45, 7) is 7.97. The first-order chi connectivity index (χ1) is 5.74. The van der Waals surface area contributed by atoms with Gasteiger partial charge in [0.15, 0.2) is 0 Å². The van der Waals surface area contributed by atoms with Gasteiger partial charge in [0.2, 0.25) is 0 Å². The van der Waals surface area contributed by atoms with E-state index in [1.54, 1.807) is 0 Å². The van der Waals surface area contributed by atoms with E-state index in [1.165, 1.54) is 0 Å². The number of aryl methyl sites for hydroxylation is 1. The van der Waals surface area contributed by atoms with Crippen LogP contribution in [-0.4, -0.2) is 0 Å². The summed E-state index contributed by atoms with van der Waals surface area (Å²) >= 11 is 0. The summed E-state index contributed by atoms with van der Waals surface area (Å²) in [6.07, 6.45) is 0.924. The third-order valence-corrected chi connectivity index (χ3v) is 1.57. The minimum absolute atomic E-state index is 0.0636. The number of hydrogen-bond donors (Lipinski definition) is 1. The van der Waals surface area contributed by atoms with Gasteiger partial charge in [-0.1, -0.05) is 20.8 Å². The fraction of sp³-hybridized carbons (Fsp3) is 0.600. The largest absolute Gasteiger partial charge is 0.465 e. The zero-order valence-corrected chi connectivity index (χ0v) is 8.42. The third-order valence-electron chi connectivity index (χ3n) is 1.57. The molecule has 2 nitrogen and oxygen atoms in total. The Morgan fingerprint density at radius 3 is 2.33 bits per heavy atom. The molecule has 1 heterocycles. The van der Waals surface area contributed by atoms with Crippen LogP contribution in [0.4, 0.5) is 0 Å². The molecule has 0 fully saturated rings. The Balaban J connectivity index is 0.000000561. The van der Waals surface area contributed by atoms with Crippen LogP contribution in [0.25, 0.3) is 0 Å². The van der Waals surface area contributed by atoms with E-state index in [2.05, 4.69) is 0 Å². The molecule has 0 spiro atoms. The Hall–Kier alpha value is -0.760. The highest BCUT2D eigenvalue weighted by molar-refractivity contribution is 5.08. The van der Waals surface area contributed by atoms with Gasteiger partial charge in [-0.05, 0) is 25.5 Å². The van der Waals surface area contributed by atoms with Gasteiger partial charge in [-0.15, -0.1) is 0 Å². The first-order valence-corrected chi connectivity index (χ1v) is 4.56. The molecule has 1 aromatic rings. The zero-order chi connectivity index (χ0) is 9.56. The molecule has 0 saturated heterocycles. The molecular weight excluding hydrogens is 150 g/mol. The monoisotopic (exact) mass is 169 g/mol. The third kappa shape index (κ3) is 3.09. The van der Waals surface area contributed by atoms with Gasteiger partial charge >= 0.3 is 0 Å². The molecule has 1 rings (SSSR count). The summed E-state index contributed by atoms with van der Waals surface area (Å²) in [7, 11) is 0. The lowest BCUT2D eigenvalue weighted by molar-refractivity contribution is 0.441. The van der Waals surface area contributed by atoms with Gasteiger partial charge < -0.3 is 10.2 Å². The first kappa shape index (κ1) is 11.2. The Morgan fingerprint density at radius 1 is 1.42 bits per heavy atom. The molecule has 2 heteroatoms. The minimum atomic E-state index is 0.0636. The van der Waals surface area contributed by atoms with Gasteiger partial charge in [0.25, 0.3) is 0 Å². The fourth-order valence-electron chi connectivity index (χ4n) is 0.854. The van der Waals surface area contributed by atoms with Crippen molar-refractivity contribution in [1.29, 1.82) is 0 Å². The van der Waals surface area contributed by atoms with Gasteiger partial charge in [0, 0.05) is 0 Å². The van der Waals surface area contributed by atoms with Gasteiger partial charge in [-0.2, -0.15) is 0 Å². The number of furan rings is 1. The van der Waals surface area contributed by atoms with Crippen LogP contribution >= 0.6 is 0 Å². The van der Waals surface area contributed by atoms with Crippen molar-refractivity contribution in [3.63, 3.8) is 0 Å². The molecule has 0 aromatic carbocycles. The lowest BCUT2D eigenvalue weighted by Crippen LogP contribution is -2.06. The van der Waals surface area contributed by atoms with E-state index in [9.17, 15) is 0 Å². The second-order valence-electron chi connectivity index (χ2n) is 2.46. The number of rotatable bonds is 2. The molecule has 2 N–H and O–H groups in total. The van der Waals surface area contributed by atoms with Crippen molar-refractivity contribution in [3.8, 4) is 0 Å². The predicted octanol–water partition coefficient (Wildman–Crippen LogP) is 3.02. The quantitative estimate of drug-likeness (QED) is 0.739. The maximum Gasteiger partial charge on any atom is 0.120 e. The smallest absolute Gasteiger partial charge is 0.120 e. The maximum atomic E-state index is 5.71. The SMILES string of the molecule is CC.CC[C@@H](N)c1ccc(C)o1. The van der Waals surface area contributed by atoms with Crippen molar-refractivity contribution in [2.75, 3.05) is 0 Å². The van der Waals surface area contributed by atoms with Gasteiger partial charge in [-0.3, -0.25) is 0 Å². The fourth-order valence-corrected chi connectivity index (χ4v) is 0.854. The van der Waals surface area contributed by atoms with Crippen molar-refractivity contribution in [3.05, 3.63) is 23.7 Å². The molecule has 0 bridgehead atoms. The van der Waals surface area contributed by atoms with Crippen LogP contribution in [0.15, 0.2) is 16.5 Å². The standard InChI is InChI=1S/C8H13NO.C2H6/c1-3-7(9)8-5-4-6(2)10-8;1-2/h4-5,7H,3,9H2,1-2H3;1-2H3/t7-;/m1./s1. The predicted molar refractivity (Wildman–Crippen MR) is 52.0 cm³/mol. The van der Waals surface area contributed by atoms with E-state index < -0.39 is 0 Å². The molecule has 0 radical (unpaired) electrons. The molecule has 0 aliphatic rings. The first-order valence-electron chi connectivity index (χ1n) is 4.56. The van der Waals surface area contributed by atoms with Crippen molar-refractivity contribution in [2.24, 2.45) is 5.73 Å². The maximum absolute atomic E-state index is 5.71. The van der Waals surface area contributed by atoms with E-state index in [4.69, 9.17) is 10.2 Å². The van der Waals surface area contributed by atoms with E-state index in [1.807, 2.05) is 39.8 Å². The van der Waals surface area contributed by atoms with Crippen LogP contribution in [0.1, 0.15) is 44.8 Å². The molecule has 1 aromatic heterocycles. The Bertz CT molecular complexity index is 205. The highest BCUT2D eigenvalue weighted by Crippen LogP contribution is 2.15. The second kappa shape index (κ2) is 5.84. The highest BCUT2D eigenvalue weighted by Gasteiger charge is 2.05. The highest BCUT2D eigenvalue weighted by atomic mass is 16.3. The Labute approximate surface area is 74.8 Å². The van der Waals surface area contributed by atoms with E-state index in [0.717, 1.165) is 17.9 Å². The van der Waals surface area contributed by atoms with Crippen LogP contribution in [0.3, 0.4) is 0 Å². The summed E-state index contributed by atoms with van der Waals surface area (Å²) in [4.78, 5) is 0. The van der Waals surface area contributed by atoms with Crippen LogP contribution in [0.2, 0.25) is 0 Å². The Kier molecular flexibility index (Phi) is 5.47. The van der Waals surface area contributed by atoms with E-state index in [-0.39, 0.29) is 6.04 Å². The summed E-state index contributed by atoms with van der Waals surface area (Å²) in [5.74, 6) is 1.82. The van der Waals surface area contributed by atoms with Crippen LogP contribution in [-0.2, 0) is 0 Å². The summed E-state index contributed by atoms with van der Waals surface area (Å²) in [5, 5.41) is 0. The Morgan fingerprint density at radius 2 is 2.00 bits per heavy atom. The molecule has 1 atom stereocenters. The number of hydrogen-bond acceptors (Lipinski definition) is 2. The lowest BCUT2D eigenvalue weighted by atomic mass is 10.2. The zero-order valence-electron chi connectivity index (χ0n) is 8.42. The lowest BCUT2D eigenvalue weighted by Gasteiger charge is -2.02. The van der Waals surface area contributed by atoms with Crippen molar-refractivity contribution in [2.45, 2.75) is 40.2 Å². The molecule has 12 heavy (non-hydrogen) atoms. The molecule has 0 amide bonds. The summed E-state index contributed by atoms with van der Waals surface area (Å²) < 4.78 is 5.31. The number of nitrogens with two attached hydrogens (primary N) is 1. The molecule has 70 valence electrons. The van der Waals surface area contributed by atoms with Gasteiger partial charge in [-0.25, -0.2) is 0 Å². The van der Waals surface area contributed by atoms with Crippen LogP contribution in [0, 0.1) is 6.92 Å². The van der Waals surface area contributed by atoms with Gasteiger partial charge in [0.1, 0.15) is 11.5 Å². The van der Waals surface area contributed by atoms with E-state index >= 15 is 0 Å². The molecule has 0 aliphatic carbocycles. The van der Waals surface area contributed by atoms with Crippen LogP contribution < -0.4 is 5.73 Å².